The molecule has 0 radical (unpaired) electrons. The van der Waals surface area contributed by atoms with Gasteiger partial charge in [0.1, 0.15) is 12.1 Å². The summed E-state index contributed by atoms with van der Waals surface area (Å²) in [6.07, 6.45) is 3.19. The highest BCUT2D eigenvalue weighted by Gasteiger charge is 2.52. The van der Waals surface area contributed by atoms with Crippen molar-refractivity contribution in [3.8, 4) is 0 Å². The molecular weight excluding hydrogens is 294 g/mol. The van der Waals surface area contributed by atoms with Gasteiger partial charge in [0.05, 0.1) is 0 Å². The average molecular weight is 323 g/mol. The third-order valence-corrected chi connectivity index (χ3v) is 5.07. The Labute approximate surface area is 138 Å². The van der Waals surface area contributed by atoms with Gasteiger partial charge in [0, 0.05) is 12.1 Å². The lowest BCUT2D eigenvalue weighted by atomic mass is 9.77. The van der Waals surface area contributed by atoms with Crippen molar-refractivity contribution >= 4 is 17.8 Å². The number of carbonyl (C=O) groups is 3. The Morgan fingerprint density at radius 1 is 1.22 bits per heavy atom. The molecule has 0 aromatic rings. The molecule has 2 fully saturated rings. The molecule has 1 saturated carbocycles. The number of nitrogens with one attached hydrogen (secondary N) is 1. The van der Waals surface area contributed by atoms with Gasteiger partial charge in [-0.15, -0.1) is 0 Å². The molecule has 1 spiro atoms. The Morgan fingerprint density at radius 2 is 1.74 bits per heavy atom. The predicted molar refractivity (Wildman–Crippen MR) is 87.7 cm³/mol. The summed E-state index contributed by atoms with van der Waals surface area (Å²) in [5.41, 5.74) is -0.773. The van der Waals surface area contributed by atoms with E-state index in [1.807, 2.05) is 27.7 Å². The van der Waals surface area contributed by atoms with E-state index in [1.165, 1.54) is 0 Å². The van der Waals surface area contributed by atoms with Crippen LogP contribution >= 0.6 is 0 Å². The Kier molecular flexibility index (Phi) is 5.01. The monoisotopic (exact) mass is 323 g/mol. The molecule has 0 atom stereocenters. The average Bonchev–Trinajstić information content (AvgIpc) is 2.66. The zero-order valence-corrected chi connectivity index (χ0v) is 14.9. The van der Waals surface area contributed by atoms with E-state index in [2.05, 4.69) is 12.2 Å². The van der Waals surface area contributed by atoms with Gasteiger partial charge >= 0.3 is 6.03 Å². The van der Waals surface area contributed by atoms with Crippen LogP contribution in [-0.4, -0.2) is 51.8 Å². The van der Waals surface area contributed by atoms with E-state index in [0.717, 1.165) is 17.7 Å². The topological polar surface area (TPSA) is 69.7 Å². The summed E-state index contributed by atoms with van der Waals surface area (Å²) in [5.74, 6) is 0.174. The Hall–Kier alpha value is -1.59. The smallest absolute Gasteiger partial charge is 0.325 e. The molecule has 6 heteroatoms. The number of imide groups is 1. The van der Waals surface area contributed by atoms with Crippen LogP contribution in [0.4, 0.5) is 4.79 Å². The number of nitrogens with zero attached hydrogens (tertiary/aromatic N) is 2. The molecule has 1 heterocycles. The highest BCUT2D eigenvalue weighted by molar-refractivity contribution is 6.09. The number of hydrogen-bond donors (Lipinski definition) is 1. The van der Waals surface area contributed by atoms with E-state index in [9.17, 15) is 14.4 Å². The third kappa shape index (κ3) is 3.35. The minimum Gasteiger partial charge on any atom is -0.336 e. The van der Waals surface area contributed by atoms with Crippen molar-refractivity contribution < 1.29 is 14.4 Å². The van der Waals surface area contributed by atoms with Crippen molar-refractivity contribution in [1.29, 1.82) is 0 Å². The van der Waals surface area contributed by atoms with Gasteiger partial charge in [0.25, 0.3) is 5.91 Å². The van der Waals surface area contributed by atoms with Crippen molar-refractivity contribution in [2.45, 2.75) is 77.9 Å². The Balaban J connectivity index is 2.10. The summed E-state index contributed by atoms with van der Waals surface area (Å²) < 4.78 is 0. The number of rotatable bonds is 4. The van der Waals surface area contributed by atoms with Crippen LogP contribution in [0.3, 0.4) is 0 Å². The fraction of sp³-hybridized carbons (Fsp3) is 0.824. The fourth-order valence-electron chi connectivity index (χ4n) is 3.80. The summed E-state index contributed by atoms with van der Waals surface area (Å²) in [4.78, 5) is 40.4. The summed E-state index contributed by atoms with van der Waals surface area (Å²) in [6, 6.07) is -0.356. The molecule has 0 bridgehead atoms. The number of carbonyl (C=O) groups excluding carboxylic acids is 3. The Morgan fingerprint density at radius 3 is 2.22 bits per heavy atom. The third-order valence-electron chi connectivity index (χ3n) is 5.07. The first-order chi connectivity index (χ1) is 10.7. The molecule has 1 N–H and O–H groups in total. The molecule has 23 heavy (non-hydrogen) atoms. The maximum Gasteiger partial charge on any atom is 0.325 e. The SMILES string of the molecule is CC1CCC2(CC1)NC(=O)N(CC(=O)N(C(C)C)C(C)C)C2=O. The number of amides is 4. The zero-order valence-electron chi connectivity index (χ0n) is 14.9. The van der Waals surface area contributed by atoms with Gasteiger partial charge < -0.3 is 10.2 Å². The van der Waals surface area contributed by atoms with Crippen LogP contribution in [0.1, 0.15) is 60.3 Å². The lowest BCUT2D eigenvalue weighted by molar-refractivity contribution is -0.141. The number of urea groups is 1. The van der Waals surface area contributed by atoms with E-state index >= 15 is 0 Å². The highest BCUT2D eigenvalue weighted by atomic mass is 16.2. The van der Waals surface area contributed by atoms with Crippen LogP contribution in [-0.2, 0) is 9.59 Å². The van der Waals surface area contributed by atoms with Crippen molar-refractivity contribution in [1.82, 2.24) is 15.1 Å². The van der Waals surface area contributed by atoms with Gasteiger partial charge in [-0.2, -0.15) is 0 Å². The van der Waals surface area contributed by atoms with Gasteiger partial charge in [-0.25, -0.2) is 4.79 Å². The molecule has 130 valence electrons. The first-order valence-corrected chi connectivity index (χ1v) is 8.63. The molecule has 1 aliphatic carbocycles. The molecule has 0 unspecified atom stereocenters. The first-order valence-electron chi connectivity index (χ1n) is 8.63. The van der Waals surface area contributed by atoms with E-state index < -0.39 is 11.6 Å². The second kappa shape index (κ2) is 6.49. The van der Waals surface area contributed by atoms with Gasteiger partial charge in [0.15, 0.2) is 0 Å². The van der Waals surface area contributed by atoms with Gasteiger partial charge in [-0.05, 0) is 59.3 Å². The van der Waals surface area contributed by atoms with E-state index in [0.29, 0.717) is 18.8 Å². The van der Waals surface area contributed by atoms with Gasteiger partial charge in [-0.1, -0.05) is 6.92 Å². The molecule has 0 aromatic carbocycles. The summed E-state index contributed by atoms with van der Waals surface area (Å²) in [7, 11) is 0. The second-order valence-electron chi connectivity index (χ2n) is 7.57. The van der Waals surface area contributed by atoms with Crippen molar-refractivity contribution in [3.63, 3.8) is 0 Å². The molecule has 4 amide bonds. The highest BCUT2D eigenvalue weighted by Crippen LogP contribution is 2.36. The molecule has 1 aliphatic heterocycles. The van der Waals surface area contributed by atoms with Crippen molar-refractivity contribution in [3.05, 3.63) is 0 Å². The lowest BCUT2D eigenvalue weighted by Crippen LogP contribution is -2.51. The van der Waals surface area contributed by atoms with Crippen LogP contribution in [0.2, 0.25) is 0 Å². The normalized spacial score (nSPS) is 28.0. The largest absolute Gasteiger partial charge is 0.336 e. The van der Waals surface area contributed by atoms with E-state index in [4.69, 9.17) is 0 Å². The van der Waals surface area contributed by atoms with Crippen molar-refractivity contribution in [2.24, 2.45) is 5.92 Å². The molecule has 2 rings (SSSR count). The fourth-order valence-corrected chi connectivity index (χ4v) is 3.80. The quantitative estimate of drug-likeness (QED) is 0.806. The van der Waals surface area contributed by atoms with E-state index in [1.54, 1.807) is 4.90 Å². The van der Waals surface area contributed by atoms with Crippen LogP contribution in [0.15, 0.2) is 0 Å². The van der Waals surface area contributed by atoms with E-state index in [-0.39, 0.29) is 30.4 Å². The molecule has 2 aliphatic rings. The van der Waals surface area contributed by atoms with Crippen LogP contribution in [0.25, 0.3) is 0 Å². The lowest BCUT2D eigenvalue weighted by Gasteiger charge is -2.34. The number of hydrogen-bond acceptors (Lipinski definition) is 3. The molecule has 6 nitrogen and oxygen atoms in total. The maximum atomic E-state index is 12.8. The zero-order chi connectivity index (χ0) is 17.4. The summed E-state index contributed by atoms with van der Waals surface area (Å²) >= 11 is 0. The van der Waals surface area contributed by atoms with Gasteiger partial charge in [-0.3, -0.25) is 14.5 Å². The van der Waals surface area contributed by atoms with Crippen LogP contribution in [0, 0.1) is 5.92 Å². The van der Waals surface area contributed by atoms with Crippen LogP contribution < -0.4 is 5.32 Å². The van der Waals surface area contributed by atoms with Crippen LogP contribution in [0.5, 0.6) is 0 Å². The molecule has 0 aromatic heterocycles. The molecular formula is C17H29N3O3. The van der Waals surface area contributed by atoms with Gasteiger partial charge in [0.2, 0.25) is 5.91 Å². The minimum atomic E-state index is -0.773. The maximum absolute atomic E-state index is 12.8. The Bertz CT molecular complexity index is 485. The first kappa shape index (κ1) is 17.8. The minimum absolute atomic E-state index is 0.0350. The summed E-state index contributed by atoms with van der Waals surface area (Å²) in [5, 5.41) is 2.86. The molecule has 1 saturated heterocycles. The standard InChI is InChI=1S/C17H29N3O3/c1-11(2)20(12(3)4)14(21)10-19-15(22)17(18-16(19)23)8-6-13(5)7-9-17/h11-13H,6-10H2,1-5H3,(H,18,23). The predicted octanol–water partition coefficient (Wildman–Crippen LogP) is 2.13. The van der Waals surface area contributed by atoms with Crippen molar-refractivity contribution in [2.75, 3.05) is 6.54 Å². The summed E-state index contributed by atoms with van der Waals surface area (Å²) in [6.45, 7) is 9.75. The second-order valence-corrected chi connectivity index (χ2v) is 7.57.